The fourth-order valence-corrected chi connectivity index (χ4v) is 3.82. The highest BCUT2D eigenvalue weighted by Crippen LogP contribution is 2.27. The zero-order valence-electron chi connectivity index (χ0n) is 15.9. The number of aryl methyl sites for hydroxylation is 2. The number of ether oxygens (including phenoxy) is 1. The molecule has 0 bridgehead atoms. The van der Waals surface area contributed by atoms with Gasteiger partial charge in [0.15, 0.2) is 0 Å². The first-order valence-corrected chi connectivity index (χ1v) is 10.4. The van der Waals surface area contributed by atoms with Crippen molar-refractivity contribution in [2.24, 2.45) is 0 Å². The lowest BCUT2D eigenvalue weighted by Crippen LogP contribution is -2.04. The van der Waals surface area contributed by atoms with Crippen molar-refractivity contribution >= 4 is 27.0 Å². The third kappa shape index (κ3) is 4.12. The molecule has 28 heavy (non-hydrogen) atoms. The molecule has 1 aromatic heterocycles. The van der Waals surface area contributed by atoms with E-state index in [0.717, 1.165) is 53.1 Å². The second-order valence-electron chi connectivity index (χ2n) is 6.91. The Hall–Kier alpha value is -2.59. The molecule has 0 aliphatic rings. The molecule has 4 aromatic rings. The summed E-state index contributed by atoms with van der Waals surface area (Å²) in [5, 5.41) is 0. The topological polar surface area (TPSA) is 27.1 Å². The molecule has 1 heterocycles. The highest BCUT2D eigenvalue weighted by Gasteiger charge is 2.12. The number of hydrogen-bond acceptors (Lipinski definition) is 2. The van der Waals surface area contributed by atoms with Crippen LogP contribution in [0.15, 0.2) is 77.3 Å². The molecule has 0 saturated carbocycles. The predicted octanol–water partition coefficient (Wildman–Crippen LogP) is 6.63. The number of benzene rings is 3. The SMILES string of the molecule is Cc1ccccc1OCCCCn1c(-c2cccc(Br)c2)nc2ccccc21. The Balaban J connectivity index is 1.48. The maximum atomic E-state index is 5.94. The van der Waals surface area contributed by atoms with Crippen molar-refractivity contribution in [3.05, 3.63) is 82.8 Å². The van der Waals surface area contributed by atoms with Gasteiger partial charge in [-0.25, -0.2) is 4.98 Å². The summed E-state index contributed by atoms with van der Waals surface area (Å²) in [6.07, 6.45) is 2.03. The van der Waals surface area contributed by atoms with Crippen LogP contribution in [0.4, 0.5) is 0 Å². The molecule has 0 radical (unpaired) electrons. The summed E-state index contributed by atoms with van der Waals surface area (Å²) in [5.41, 5.74) is 4.52. The van der Waals surface area contributed by atoms with Gasteiger partial charge in [0.1, 0.15) is 11.6 Å². The van der Waals surface area contributed by atoms with E-state index in [2.05, 4.69) is 69.9 Å². The number of aromatic nitrogens is 2. The fraction of sp³-hybridized carbons (Fsp3) is 0.208. The van der Waals surface area contributed by atoms with Gasteiger partial charge in [0.2, 0.25) is 0 Å². The number of rotatable bonds is 7. The quantitative estimate of drug-likeness (QED) is 0.305. The molecule has 0 aliphatic heterocycles. The maximum absolute atomic E-state index is 5.94. The molecule has 0 saturated heterocycles. The van der Waals surface area contributed by atoms with E-state index < -0.39 is 0 Å². The molecule has 0 spiro atoms. The fourth-order valence-electron chi connectivity index (χ4n) is 3.42. The number of imidazole rings is 1. The monoisotopic (exact) mass is 434 g/mol. The molecule has 0 unspecified atom stereocenters. The third-order valence-corrected chi connectivity index (χ3v) is 5.36. The van der Waals surface area contributed by atoms with E-state index in [1.807, 2.05) is 30.3 Å². The van der Waals surface area contributed by atoms with Gasteiger partial charge < -0.3 is 9.30 Å². The molecule has 4 heteroatoms. The van der Waals surface area contributed by atoms with Crippen molar-refractivity contribution in [1.29, 1.82) is 0 Å². The van der Waals surface area contributed by atoms with Gasteiger partial charge >= 0.3 is 0 Å². The summed E-state index contributed by atoms with van der Waals surface area (Å²) < 4.78 is 9.33. The van der Waals surface area contributed by atoms with Crippen LogP contribution in [0.2, 0.25) is 0 Å². The molecule has 142 valence electrons. The van der Waals surface area contributed by atoms with Gasteiger partial charge in [-0.15, -0.1) is 0 Å². The molecule has 3 aromatic carbocycles. The van der Waals surface area contributed by atoms with Crippen molar-refractivity contribution in [3.8, 4) is 17.1 Å². The first-order valence-electron chi connectivity index (χ1n) is 9.62. The van der Waals surface area contributed by atoms with Gasteiger partial charge in [-0.3, -0.25) is 0 Å². The molecule has 0 aliphatic carbocycles. The van der Waals surface area contributed by atoms with Gasteiger partial charge in [0.05, 0.1) is 17.6 Å². The zero-order valence-corrected chi connectivity index (χ0v) is 17.5. The lowest BCUT2D eigenvalue weighted by Gasteiger charge is -2.11. The number of unbranched alkanes of at least 4 members (excludes halogenated alkanes) is 1. The average molecular weight is 435 g/mol. The second kappa shape index (κ2) is 8.61. The van der Waals surface area contributed by atoms with Crippen LogP contribution < -0.4 is 4.74 Å². The summed E-state index contributed by atoms with van der Waals surface area (Å²) in [4.78, 5) is 4.89. The summed E-state index contributed by atoms with van der Waals surface area (Å²) in [6.45, 7) is 3.72. The lowest BCUT2D eigenvalue weighted by molar-refractivity contribution is 0.302. The molecule has 4 rings (SSSR count). The standard InChI is InChI=1S/C24H23BrN2O/c1-18-9-2-5-14-23(18)28-16-7-6-15-27-22-13-4-3-12-21(22)26-24(27)19-10-8-11-20(25)17-19/h2-5,8-14,17H,6-7,15-16H2,1H3. The molecule has 0 N–H and O–H groups in total. The van der Waals surface area contributed by atoms with Crippen LogP contribution in [0, 0.1) is 6.92 Å². The van der Waals surface area contributed by atoms with Gasteiger partial charge in [-0.1, -0.05) is 58.4 Å². The van der Waals surface area contributed by atoms with Crippen LogP contribution in [-0.2, 0) is 6.54 Å². The Labute approximate surface area is 174 Å². The minimum atomic E-state index is 0.726. The normalized spacial score (nSPS) is 11.1. The number of halogens is 1. The number of fused-ring (bicyclic) bond motifs is 1. The highest BCUT2D eigenvalue weighted by atomic mass is 79.9. The van der Waals surface area contributed by atoms with E-state index in [-0.39, 0.29) is 0 Å². The van der Waals surface area contributed by atoms with E-state index in [9.17, 15) is 0 Å². The number of nitrogens with zero attached hydrogens (tertiary/aromatic N) is 2. The highest BCUT2D eigenvalue weighted by molar-refractivity contribution is 9.10. The molecule has 0 amide bonds. The average Bonchev–Trinajstić information content (AvgIpc) is 3.08. The Morgan fingerprint density at radius 2 is 1.75 bits per heavy atom. The molecular formula is C24H23BrN2O. The zero-order chi connectivity index (χ0) is 19.3. The van der Waals surface area contributed by atoms with Crippen molar-refractivity contribution in [2.75, 3.05) is 6.61 Å². The Kier molecular flexibility index (Phi) is 5.77. The van der Waals surface area contributed by atoms with Gasteiger partial charge in [-0.2, -0.15) is 0 Å². The van der Waals surface area contributed by atoms with E-state index in [1.165, 1.54) is 11.1 Å². The third-order valence-electron chi connectivity index (χ3n) is 4.86. The molecule has 0 fully saturated rings. The lowest BCUT2D eigenvalue weighted by atomic mass is 10.2. The smallest absolute Gasteiger partial charge is 0.141 e. The predicted molar refractivity (Wildman–Crippen MR) is 119 cm³/mol. The van der Waals surface area contributed by atoms with E-state index in [1.54, 1.807) is 0 Å². The molecule has 3 nitrogen and oxygen atoms in total. The Bertz CT molecular complexity index is 1090. The van der Waals surface area contributed by atoms with E-state index in [4.69, 9.17) is 9.72 Å². The van der Waals surface area contributed by atoms with Crippen molar-refractivity contribution < 1.29 is 4.74 Å². The summed E-state index contributed by atoms with van der Waals surface area (Å²) in [6, 6.07) is 24.8. The minimum absolute atomic E-state index is 0.726. The first kappa shape index (κ1) is 18.8. The van der Waals surface area contributed by atoms with Crippen LogP contribution in [0.5, 0.6) is 5.75 Å². The largest absolute Gasteiger partial charge is 0.493 e. The van der Waals surface area contributed by atoms with Crippen molar-refractivity contribution in [3.63, 3.8) is 0 Å². The van der Waals surface area contributed by atoms with Gasteiger partial charge in [-0.05, 0) is 55.7 Å². The van der Waals surface area contributed by atoms with Gasteiger partial charge in [0, 0.05) is 16.6 Å². The van der Waals surface area contributed by atoms with E-state index >= 15 is 0 Å². The van der Waals surface area contributed by atoms with E-state index in [0.29, 0.717) is 0 Å². The van der Waals surface area contributed by atoms with Gasteiger partial charge in [0.25, 0.3) is 0 Å². The minimum Gasteiger partial charge on any atom is -0.493 e. The summed E-state index contributed by atoms with van der Waals surface area (Å²) in [7, 11) is 0. The van der Waals surface area contributed by atoms with Crippen LogP contribution in [0.3, 0.4) is 0 Å². The van der Waals surface area contributed by atoms with Crippen LogP contribution in [0.1, 0.15) is 18.4 Å². The van der Waals surface area contributed by atoms with Crippen molar-refractivity contribution in [2.45, 2.75) is 26.3 Å². The summed E-state index contributed by atoms with van der Waals surface area (Å²) in [5.74, 6) is 1.99. The Morgan fingerprint density at radius 3 is 2.61 bits per heavy atom. The number of hydrogen-bond donors (Lipinski definition) is 0. The maximum Gasteiger partial charge on any atom is 0.141 e. The number of para-hydroxylation sites is 3. The first-order chi connectivity index (χ1) is 13.7. The van der Waals surface area contributed by atoms with Crippen LogP contribution >= 0.6 is 15.9 Å². The molecule has 0 atom stereocenters. The van der Waals surface area contributed by atoms with Crippen LogP contribution in [-0.4, -0.2) is 16.2 Å². The summed E-state index contributed by atoms with van der Waals surface area (Å²) >= 11 is 3.58. The molecular weight excluding hydrogens is 412 g/mol. The van der Waals surface area contributed by atoms with Crippen LogP contribution in [0.25, 0.3) is 22.4 Å². The van der Waals surface area contributed by atoms with Crippen molar-refractivity contribution in [1.82, 2.24) is 9.55 Å². The Morgan fingerprint density at radius 1 is 0.929 bits per heavy atom. The second-order valence-corrected chi connectivity index (χ2v) is 7.82.